The SMILES string of the molecule is CCNC(=NCC(c1cccs1)N1CCCC1)NCCCc1nc(C)cs1.I. The van der Waals surface area contributed by atoms with E-state index in [0.717, 1.165) is 44.1 Å². The Hall–Kier alpha value is -0.710. The van der Waals surface area contributed by atoms with Crippen molar-refractivity contribution >= 4 is 52.6 Å². The zero-order valence-corrected chi connectivity index (χ0v) is 20.8. The molecule has 2 aromatic heterocycles. The Morgan fingerprint density at radius 3 is 2.75 bits per heavy atom. The summed E-state index contributed by atoms with van der Waals surface area (Å²) in [4.78, 5) is 13.5. The normalized spacial score (nSPS) is 16.0. The van der Waals surface area contributed by atoms with Crippen LogP contribution in [0.4, 0.5) is 0 Å². The number of aryl methyl sites for hydroxylation is 2. The van der Waals surface area contributed by atoms with Crippen LogP contribution in [0.15, 0.2) is 27.9 Å². The van der Waals surface area contributed by atoms with E-state index in [1.54, 1.807) is 11.3 Å². The first-order chi connectivity index (χ1) is 13.3. The molecule has 1 aliphatic rings. The zero-order chi connectivity index (χ0) is 18.9. The minimum absolute atomic E-state index is 0. The number of thiazole rings is 1. The molecule has 28 heavy (non-hydrogen) atoms. The fraction of sp³-hybridized carbons (Fsp3) is 0.600. The second-order valence-corrected chi connectivity index (χ2v) is 8.83. The molecule has 0 aromatic carbocycles. The molecule has 0 amide bonds. The Kier molecular flexibility index (Phi) is 10.7. The van der Waals surface area contributed by atoms with Gasteiger partial charge in [0.2, 0.25) is 0 Å². The van der Waals surface area contributed by atoms with Crippen LogP contribution in [-0.4, -0.2) is 48.6 Å². The quantitative estimate of drug-likeness (QED) is 0.217. The lowest BCUT2D eigenvalue weighted by molar-refractivity contribution is 0.255. The molecule has 3 heterocycles. The number of nitrogens with zero attached hydrogens (tertiary/aromatic N) is 3. The van der Waals surface area contributed by atoms with Crippen molar-refractivity contribution in [2.75, 3.05) is 32.7 Å². The summed E-state index contributed by atoms with van der Waals surface area (Å²) in [5.74, 6) is 0.925. The molecule has 0 bridgehead atoms. The lowest BCUT2D eigenvalue weighted by atomic mass is 10.2. The maximum atomic E-state index is 4.91. The molecule has 5 nitrogen and oxygen atoms in total. The van der Waals surface area contributed by atoms with Crippen LogP contribution >= 0.6 is 46.7 Å². The number of guanidine groups is 1. The van der Waals surface area contributed by atoms with Crippen molar-refractivity contribution in [2.45, 2.75) is 45.6 Å². The Labute approximate surface area is 194 Å². The minimum atomic E-state index is 0. The second-order valence-electron chi connectivity index (χ2n) is 6.91. The molecule has 3 rings (SSSR count). The van der Waals surface area contributed by atoms with Crippen molar-refractivity contribution in [2.24, 2.45) is 4.99 Å². The smallest absolute Gasteiger partial charge is 0.191 e. The fourth-order valence-corrected chi connectivity index (χ4v) is 5.07. The van der Waals surface area contributed by atoms with E-state index in [9.17, 15) is 0 Å². The molecule has 0 radical (unpaired) electrons. The number of likely N-dealkylation sites (tertiary alicyclic amines) is 1. The number of aliphatic imine (C=N–C) groups is 1. The van der Waals surface area contributed by atoms with E-state index in [2.05, 4.69) is 57.3 Å². The maximum Gasteiger partial charge on any atom is 0.191 e. The van der Waals surface area contributed by atoms with Crippen molar-refractivity contribution in [3.8, 4) is 0 Å². The summed E-state index contributed by atoms with van der Waals surface area (Å²) in [5, 5.41) is 12.4. The monoisotopic (exact) mass is 533 g/mol. The molecule has 156 valence electrons. The lowest BCUT2D eigenvalue weighted by Gasteiger charge is -2.25. The molecule has 8 heteroatoms. The van der Waals surface area contributed by atoms with Gasteiger partial charge in [0, 0.05) is 35.5 Å². The van der Waals surface area contributed by atoms with Crippen LogP contribution in [0.1, 0.15) is 47.8 Å². The third-order valence-electron chi connectivity index (χ3n) is 4.75. The van der Waals surface area contributed by atoms with E-state index < -0.39 is 0 Å². The number of hydrogen-bond donors (Lipinski definition) is 2. The van der Waals surface area contributed by atoms with Crippen LogP contribution in [0, 0.1) is 6.92 Å². The number of halogens is 1. The average molecular weight is 534 g/mol. The molecule has 1 saturated heterocycles. The third kappa shape index (κ3) is 7.27. The van der Waals surface area contributed by atoms with Crippen LogP contribution in [0.25, 0.3) is 0 Å². The van der Waals surface area contributed by atoms with Crippen LogP contribution in [0.5, 0.6) is 0 Å². The number of thiophene rings is 1. The highest BCUT2D eigenvalue weighted by Crippen LogP contribution is 2.28. The highest BCUT2D eigenvalue weighted by molar-refractivity contribution is 14.0. The van der Waals surface area contributed by atoms with Gasteiger partial charge in [-0.1, -0.05) is 6.07 Å². The predicted octanol–water partition coefficient (Wildman–Crippen LogP) is 4.46. The van der Waals surface area contributed by atoms with E-state index in [4.69, 9.17) is 4.99 Å². The van der Waals surface area contributed by atoms with Gasteiger partial charge in [-0.15, -0.1) is 46.7 Å². The van der Waals surface area contributed by atoms with Gasteiger partial charge in [0.05, 0.1) is 17.6 Å². The first kappa shape index (κ1) is 23.6. The van der Waals surface area contributed by atoms with Gasteiger partial charge < -0.3 is 10.6 Å². The van der Waals surface area contributed by atoms with E-state index >= 15 is 0 Å². The van der Waals surface area contributed by atoms with Crippen molar-refractivity contribution < 1.29 is 0 Å². The molecule has 0 saturated carbocycles. The fourth-order valence-electron chi connectivity index (χ4n) is 3.40. The predicted molar refractivity (Wildman–Crippen MR) is 132 cm³/mol. The van der Waals surface area contributed by atoms with Crippen molar-refractivity contribution in [1.82, 2.24) is 20.5 Å². The number of hydrogen-bond acceptors (Lipinski definition) is 5. The summed E-state index contributed by atoms with van der Waals surface area (Å²) < 4.78 is 0. The molecule has 1 atom stereocenters. The first-order valence-corrected chi connectivity index (χ1v) is 11.7. The Morgan fingerprint density at radius 2 is 2.11 bits per heavy atom. The second kappa shape index (κ2) is 12.8. The molecule has 1 unspecified atom stereocenters. The minimum Gasteiger partial charge on any atom is -0.357 e. The zero-order valence-electron chi connectivity index (χ0n) is 16.8. The Bertz CT molecular complexity index is 695. The molecule has 2 aromatic rings. The Balaban J connectivity index is 0.00000280. The van der Waals surface area contributed by atoms with Crippen molar-refractivity contribution in [1.29, 1.82) is 0 Å². The first-order valence-electron chi connectivity index (χ1n) is 9.97. The number of nitrogens with one attached hydrogen (secondary N) is 2. The standard InChI is InChI=1S/C20H31N5S2.HI/c1-3-21-20(22-10-6-9-19-24-16(2)15-27-19)23-14-17(18-8-7-13-26-18)25-11-4-5-12-25;/h7-8,13,15,17H,3-6,9-12,14H2,1-2H3,(H2,21,22,23);1H. The molecule has 0 spiro atoms. The lowest BCUT2D eigenvalue weighted by Crippen LogP contribution is -2.39. The van der Waals surface area contributed by atoms with E-state index in [1.165, 1.54) is 35.8 Å². The van der Waals surface area contributed by atoms with Crippen molar-refractivity contribution in [3.05, 3.63) is 38.5 Å². The van der Waals surface area contributed by atoms with Gasteiger partial charge in [-0.25, -0.2) is 4.98 Å². The van der Waals surface area contributed by atoms with Crippen molar-refractivity contribution in [3.63, 3.8) is 0 Å². The summed E-state index contributed by atoms with van der Waals surface area (Å²) in [5.41, 5.74) is 1.12. The molecule has 1 aliphatic heterocycles. The number of rotatable bonds is 9. The summed E-state index contributed by atoms with van der Waals surface area (Å²) in [6.07, 6.45) is 4.70. The van der Waals surface area contributed by atoms with Gasteiger partial charge in [-0.3, -0.25) is 9.89 Å². The van der Waals surface area contributed by atoms with Crippen LogP contribution < -0.4 is 10.6 Å². The van der Waals surface area contributed by atoms with E-state index in [-0.39, 0.29) is 24.0 Å². The largest absolute Gasteiger partial charge is 0.357 e. The van der Waals surface area contributed by atoms with E-state index in [1.807, 2.05) is 11.3 Å². The van der Waals surface area contributed by atoms with Crippen LogP contribution in [0.2, 0.25) is 0 Å². The summed E-state index contributed by atoms with van der Waals surface area (Å²) in [6.45, 7) is 9.15. The van der Waals surface area contributed by atoms with Gasteiger partial charge in [0.25, 0.3) is 0 Å². The number of aromatic nitrogens is 1. The van der Waals surface area contributed by atoms with Gasteiger partial charge >= 0.3 is 0 Å². The summed E-state index contributed by atoms with van der Waals surface area (Å²) in [6, 6.07) is 4.80. The third-order valence-corrected chi connectivity index (χ3v) is 6.75. The summed E-state index contributed by atoms with van der Waals surface area (Å²) >= 11 is 3.60. The van der Waals surface area contributed by atoms with Crippen LogP contribution in [0.3, 0.4) is 0 Å². The van der Waals surface area contributed by atoms with E-state index in [0.29, 0.717) is 6.04 Å². The highest BCUT2D eigenvalue weighted by atomic mass is 127. The maximum absolute atomic E-state index is 4.91. The molecule has 0 aliphatic carbocycles. The Morgan fingerprint density at radius 1 is 1.29 bits per heavy atom. The van der Waals surface area contributed by atoms with Gasteiger partial charge in [0.15, 0.2) is 5.96 Å². The van der Waals surface area contributed by atoms with Gasteiger partial charge in [-0.05, 0) is 57.6 Å². The van der Waals surface area contributed by atoms with Gasteiger partial charge in [0.1, 0.15) is 0 Å². The van der Waals surface area contributed by atoms with Crippen LogP contribution in [-0.2, 0) is 6.42 Å². The average Bonchev–Trinajstić information content (AvgIpc) is 3.42. The molecular weight excluding hydrogens is 501 g/mol. The summed E-state index contributed by atoms with van der Waals surface area (Å²) in [7, 11) is 0. The highest BCUT2D eigenvalue weighted by Gasteiger charge is 2.24. The molecular formula is C20H32IN5S2. The topological polar surface area (TPSA) is 52.6 Å². The molecule has 1 fully saturated rings. The molecule has 2 N–H and O–H groups in total. The van der Waals surface area contributed by atoms with Gasteiger partial charge in [-0.2, -0.15) is 0 Å².